The van der Waals surface area contributed by atoms with Crippen molar-refractivity contribution in [2.24, 2.45) is 5.73 Å². The normalized spacial score (nSPS) is 18.1. The van der Waals surface area contributed by atoms with Crippen molar-refractivity contribution in [1.29, 1.82) is 0 Å². The minimum atomic E-state index is 0.198. The van der Waals surface area contributed by atoms with Crippen LogP contribution in [0.3, 0.4) is 0 Å². The van der Waals surface area contributed by atoms with E-state index in [0.29, 0.717) is 19.6 Å². The molecule has 1 fully saturated rings. The highest BCUT2D eigenvalue weighted by molar-refractivity contribution is 5.76. The fourth-order valence-electron chi connectivity index (χ4n) is 1.75. The highest BCUT2D eigenvalue weighted by atomic mass is 16.5. The first-order valence-electron chi connectivity index (χ1n) is 5.47. The van der Waals surface area contributed by atoms with Gasteiger partial charge in [-0.15, -0.1) is 0 Å². The van der Waals surface area contributed by atoms with Crippen LogP contribution in [0.5, 0.6) is 0 Å². The Kier molecular flexibility index (Phi) is 5.60. The Morgan fingerprint density at radius 2 is 2.00 bits per heavy atom. The molecule has 0 radical (unpaired) electrons. The van der Waals surface area contributed by atoms with Gasteiger partial charge in [0, 0.05) is 46.4 Å². The van der Waals surface area contributed by atoms with Gasteiger partial charge < -0.3 is 15.4 Å². The van der Waals surface area contributed by atoms with Gasteiger partial charge in [0.25, 0.3) is 0 Å². The van der Waals surface area contributed by atoms with Crippen LogP contribution in [0.2, 0.25) is 0 Å². The Morgan fingerprint density at radius 1 is 1.33 bits per heavy atom. The molecule has 2 N–H and O–H groups in total. The lowest BCUT2D eigenvalue weighted by Gasteiger charge is -2.34. The zero-order valence-corrected chi connectivity index (χ0v) is 9.45. The van der Waals surface area contributed by atoms with Crippen LogP contribution >= 0.6 is 0 Å². The Morgan fingerprint density at radius 3 is 2.53 bits per heavy atom. The maximum atomic E-state index is 11.6. The van der Waals surface area contributed by atoms with Crippen molar-refractivity contribution < 1.29 is 9.53 Å². The molecule has 1 amide bonds. The lowest BCUT2D eigenvalue weighted by atomic mass is 10.3. The quantitative estimate of drug-likeness (QED) is 0.647. The Balaban J connectivity index is 2.21. The fourth-order valence-corrected chi connectivity index (χ4v) is 1.75. The van der Waals surface area contributed by atoms with E-state index in [0.717, 1.165) is 32.7 Å². The second kappa shape index (κ2) is 6.76. The SMILES string of the molecule is COCCC(=O)N1CCN(CCN)CC1. The van der Waals surface area contributed by atoms with E-state index in [2.05, 4.69) is 4.90 Å². The number of nitrogens with zero attached hydrogens (tertiary/aromatic N) is 2. The van der Waals surface area contributed by atoms with Gasteiger partial charge in [0.05, 0.1) is 13.0 Å². The highest BCUT2D eigenvalue weighted by Gasteiger charge is 2.19. The van der Waals surface area contributed by atoms with Crippen LogP contribution in [0.4, 0.5) is 0 Å². The van der Waals surface area contributed by atoms with Crippen molar-refractivity contribution >= 4 is 5.91 Å². The van der Waals surface area contributed by atoms with Gasteiger partial charge in [-0.05, 0) is 0 Å². The number of hydrogen-bond acceptors (Lipinski definition) is 4. The summed E-state index contributed by atoms with van der Waals surface area (Å²) in [5.41, 5.74) is 5.48. The summed E-state index contributed by atoms with van der Waals surface area (Å²) in [6, 6.07) is 0. The molecule has 15 heavy (non-hydrogen) atoms. The van der Waals surface area contributed by atoms with Crippen molar-refractivity contribution in [1.82, 2.24) is 9.80 Å². The van der Waals surface area contributed by atoms with Crippen molar-refractivity contribution in [3.63, 3.8) is 0 Å². The predicted octanol–water partition coefficient (Wildman–Crippen LogP) is -0.874. The molecule has 1 aliphatic rings. The van der Waals surface area contributed by atoms with Crippen LogP contribution in [0.15, 0.2) is 0 Å². The van der Waals surface area contributed by atoms with Crippen molar-refractivity contribution in [3.05, 3.63) is 0 Å². The van der Waals surface area contributed by atoms with Crippen LogP contribution in [0.1, 0.15) is 6.42 Å². The maximum Gasteiger partial charge on any atom is 0.224 e. The minimum Gasteiger partial charge on any atom is -0.384 e. The number of hydrogen-bond donors (Lipinski definition) is 1. The molecule has 5 nitrogen and oxygen atoms in total. The summed E-state index contributed by atoms with van der Waals surface area (Å²) in [7, 11) is 1.62. The van der Waals surface area contributed by atoms with Gasteiger partial charge in [-0.1, -0.05) is 0 Å². The fraction of sp³-hybridized carbons (Fsp3) is 0.900. The second-order valence-electron chi connectivity index (χ2n) is 3.75. The molecule has 88 valence electrons. The van der Waals surface area contributed by atoms with Crippen LogP contribution < -0.4 is 5.73 Å². The van der Waals surface area contributed by atoms with Gasteiger partial charge in [0.15, 0.2) is 0 Å². The highest BCUT2D eigenvalue weighted by Crippen LogP contribution is 2.03. The lowest BCUT2D eigenvalue weighted by Crippen LogP contribution is -2.49. The molecule has 1 heterocycles. The molecule has 1 aliphatic heterocycles. The Hall–Kier alpha value is -0.650. The summed E-state index contributed by atoms with van der Waals surface area (Å²) in [6.07, 6.45) is 0.493. The van der Waals surface area contributed by atoms with Crippen LogP contribution in [-0.4, -0.2) is 68.7 Å². The zero-order valence-electron chi connectivity index (χ0n) is 9.45. The summed E-state index contributed by atoms with van der Waals surface area (Å²) in [4.78, 5) is 15.8. The average Bonchev–Trinajstić information content (AvgIpc) is 2.27. The lowest BCUT2D eigenvalue weighted by molar-refractivity contribution is -0.133. The molecule has 0 bridgehead atoms. The number of methoxy groups -OCH3 is 1. The summed E-state index contributed by atoms with van der Waals surface area (Å²) in [5.74, 6) is 0.198. The van der Waals surface area contributed by atoms with Crippen LogP contribution in [0.25, 0.3) is 0 Å². The molecule has 0 atom stereocenters. The largest absolute Gasteiger partial charge is 0.384 e. The molecular formula is C10H21N3O2. The summed E-state index contributed by atoms with van der Waals surface area (Å²) in [6.45, 7) is 5.66. The van der Waals surface area contributed by atoms with E-state index in [1.165, 1.54) is 0 Å². The number of carbonyl (C=O) groups excluding carboxylic acids is 1. The van der Waals surface area contributed by atoms with Crippen LogP contribution in [0, 0.1) is 0 Å². The average molecular weight is 215 g/mol. The van der Waals surface area contributed by atoms with E-state index in [9.17, 15) is 4.79 Å². The van der Waals surface area contributed by atoms with Gasteiger partial charge in [0.1, 0.15) is 0 Å². The van der Waals surface area contributed by atoms with Gasteiger partial charge in [-0.3, -0.25) is 9.69 Å². The summed E-state index contributed by atoms with van der Waals surface area (Å²) >= 11 is 0. The molecule has 1 rings (SSSR count). The smallest absolute Gasteiger partial charge is 0.224 e. The van der Waals surface area contributed by atoms with E-state index >= 15 is 0 Å². The Bertz CT molecular complexity index is 191. The molecule has 0 unspecified atom stereocenters. The summed E-state index contributed by atoms with van der Waals surface area (Å²) < 4.78 is 4.89. The van der Waals surface area contributed by atoms with Gasteiger partial charge in [-0.2, -0.15) is 0 Å². The van der Waals surface area contributed by atoms with Gasteiger partial charge in [-0.25, -0.2) is 0 Å². The number of ether oxygens (including phenoxy) is 1. The standard InChI is InChI=1S/C10H21N3O2/c1-15-9-2-10(14)13-7-5-12(4-3-11)6-8-13/h2-9,11H2,1H3. The molecule has 0 aliphatic carbocycles. The first-order chi connectivity index (χ1) is 7.27. The van der Waals surface area contributed by atoms with Crippen LogP contribution in [-0.2, 0) is 9.53 Å². The number of carbonyl (C=O) groups is 1. The number of nitrogens with two attached hydrogens (primary N) is 1. The number of piperazine rings is 1. The van der Waals surface area contributed by atoms with Crippen molar-refractivity contribution in [2.45, 2.75) is 6.42 Å². The van der Waals surface area contributed by atoms with E-state index in [-0.39, 0.29) is 5.91 Å². The maximum absolute atomic E-state index is 11.6. The first-order valence-corrected chi connectivity index (χ1v) is 5.47. The Labute approximate surface area is 91.2 Å². The molecule has 0 aromatic rings. The van der Waals surface area contributed by atoms with Crippen molar-refractivity contribution in [2.75, 3.05) is 53.0 Å². The third-order valence-electron chi connectivity index (χ3n) is 2.69. The predicted molar refractivity (Wildman–Crippen MR) is 58.6 cm³/mol. The number of amides is 1. The topological polar surface area (TPSA) is 58.8 Å². The monoisotopic (exact) mass is 215 g/mol. The zero-order chi connectivity index (χ0) is 11.1. The second-order valence-corrected chi connectivity index (χ2v) is 3.75. The van der Waals surface area contributed by atoms with Crippen molar-refractivity contribution in [3.8, 4) is 0 Å². The first kappa shape index (κ1) is 12.4. The molecule has 5 heteroatoms. The molecule has 0 saturated carbocycles. The summed E-state index contributed by atoms with van der Waals surface area (Å²) in [5, 5.41) is 0. The van der Waals surface area contributed by atoms with E-state index in [1.54, 1.807) is 7.11 Å². The number of rotatable bonds is 5. The molecule has 0 spiro atoms. The minimum absolute atomic E-state index is 0.198. The molecule has 0 aromatic carbocycles. The van der Waals surface area contributed by atoms with E-state index in [1.807, 2.05) is 4.90 Å². The molecule has 1 saturated heterocycles. The third-order valence-corrected chi connectivity index (χ3v) is 2.69. The van der Waals surface area contributed by atoms with Gasteiger partial charge in [0.2, 0.25) is 5.91 Å². The van der Waals surface area contributed by atoms with E-state index < -0.39 is 0 Å². The van der Waals surface area contributed by atoms with E-state index in [4.69, 9.17) is 10.5 Å². The molecular weight excluding hydrogens is 194 g/mol. The third kappa shape index (κ3) is 4.15. The van der Waals surface area contributed by atoms with Gasteiger partial charge >= 0.3 is 0 Å². The molecule has 0 aromatic heterocycles.